The van der Waals surface area contributed by atoms with Crippen LogP contribution in [0.5, 0.6) is 5.75 Å². The van der Waals surface area contributed by atoms with Gasteiger partial charge >= 0.3 is 6.09 Å². The second kappa shape index (κ2) is 6.11. The number of carbonyl (C=O) groups is 1. The molecule has 0 aromatic carbocycles. The SMILES string of the molecule is CC(C)(C)OC(=O)N1CCC[C@H]1COc1cccnc1. The summed E-state index contributed by atoms with van der Waals surface area (Å²) in [6.45, 7) is 6.84. The molecule has 1 saturated heterocycles. The first kappa shape index (κ1) is 14.6. The van der Waals surface area contributed by atoms with Crippen molar-refractivity contribution in [3.63, 3.8) is 0 Å². The Balaban J connectivity index is 1.89. The zero-order valence-corrected chi connectivity index (χ0v) is 12.3. The van der Waals surface area contributed by atoms with Crippen LogP contribution >= 0.6 is 0 Å². The molecule has 1 aromatic rings. The summed E-state index contributed by atoms with van der Waals surface area (Å²) >= 11 is 0. The monoisotopic (exact) mass is 278 g/mol. The van der Waals surface area contributed by atoms with E-state index in [1.54, 1.807) is 17.3 Å². The van der Waals surface area contributed by atoms with Crippen molar-refractivity contribution >= 4 is 6.09 Å². The van der Waals surface area contributed by atoms with Gasteiger partial charge in [0.05, 0.1) is 12.2 Å². The maximum atomic E-state index is 12.1. The number of rotatable bonds is 3. The normalized spacial score (nSPS) is 18.9. The Bertz CT molecular complexity index is 442. The molecular formula is C15H22N2O3. The van der Waals surface area contributed by atoms with Gasteiger partial charge in [-0.25, -0.2) is 4.79 Å². The van der Waals surface area contributed by atoms with Gasteiger partial charge in [0.1, 0.15) is 18.0 Å². The Hall–Kier alpha value is -1.78. The summed E-state index contributed by atoms with van der Waals surface area (Å²) in [4.78, 5) is 17.9. The lowest BCUT2D eigenvalue weighted by Gasteiger charge is -2.28. The lowest BCUT2D eigenvalue weighted by Crippen LogP contribution is -2.42. The second-order valence-corrected chi connectivity index (χ2v) is 5.97. The molecule has 2 rings (SSSR count). The first-order valence-electron chi connectivity index (χ1n) is 6.98. The van der Waals surface area contributed by atoms with Crippen molar-refractivity contribution in [1.29, 1.82) is 0 Å². The predicted octanol–water partition coefficient (Wildman–Crippen LogP) is 2.86. The number of hydrogen-bond acceptors (Lipinski definition) is 4. The minimum absolute atomic E-state index is 0.0741. The fourth-order valence-electron chi connectivity index (χ4n) is 2.19. The molecule has 20 heavy (non-hydrogen) atoms. The van der Waals surface area contributed by atoms with Gasteiger partial charge in [-0.3, -0.25) is 4.98 Å². The van der Waals surface area contributed by atoms with Gasteiger partial charge in [-0.1, -0.05) is 0 Å². The summed E-state index contributed by atoms with van der Waals surface area (Å²) < 4.78 is 11.1. The Morgan fingerprint density at radius 2 is 2.30 bits per heavy atom. The van der Waals surface area contributed by atoms with Crippen molar-refractivity contribution < 1.29 is 14.3 Å². The number of amides is 1. The average Bonchev–Trinajstić information content (AvgIpc) is 2.84. The molecular weight excluding hydrogens is 256 g/mol. The summed E-state index contributed by atoms with van der Waals surface area (Å²) in [5, 5.41) is 0. The molecule has 0 aliphatic carbocycles. The molecule has 1 fully saturated rings. The number of likely N-dealkylation sites (tertiary alicyclic amines) is 1. The van der Waals surface area contributed by atoms with Crippen LogP contribution in [0.2, 0.25) is 0 Å². The number of pyridine rings is 1. The highest BCUT2D eigenvalue weighted by Gasteiger charge is 2.32. The Labute approximate surface area is 119 Å². The molecule has 1 amide bonds. The Kier molecular flexibility index (Phi) is 4.47. The largest absolute Gasteiger partial charge is 0.490 e. The summed E-state index contributed by atoms with van der Waals surface area (Å²) in [7, 11) is 0. The number of hydrogen-bond donors (Lipinski definition) is 0. The third-order valence-corrected chi connectivity index (χ3v) is 3.08. The molecule has 1 aliphatic rings. The molecule has 1 aromatic heterocycles. The van der Waals surface area contributed by atoms with Crippen molar-refractivity contribution in [2.75, 3.05) is 13.2 Å². The molecule has 1 atom stereocenters. The maximum Gasteiger partial charge on any atom is 0.410 e. The molecule has 5 nitrogen and oxygen atoms in total. The zero-order valence-electron chi connectivity index (χ0n) is 12.3. The van der Waals surface area contributed by atoms with Crippen molar-refractivity contribution in [2.45, 2.75) is 45.3 Å². The van der Waals surface area contributed by atoms with E-state index in [1.165, 1.54) is 0 Å². The van der Waals surface area contributed by atoms with Crippen LogP contribution < -0.4 is 4.74 Å². The van der Waals surface area contributed by atoms with E-state index in [1.807, 2.05) is 32.9 Å². The van der Waals surface area contributed by atoms with Gasteiger partial charge in [-0.05, 0) is 45.7 Å². The molecule has 0 N–H and O–H groups in total. The topological polar surface area (TPSA) is 51.7 Å². The Morgan fingerprint density at radius 1 is 1.50 bits per heavy atom. The van der Waals surface area contributed by atoms with E-state index >= 15 is 0 Å². The average molecular weight is 278 g/mol. The highest BCUT2D eigenvalue weighted by molar-refractivity contribution is 5.69. The Morgan fingerprint density at radius 3 is 2.95 bits per heavy atom. The van der Waals surface area contributed by atoms with Crippen LogP contribution in [0.3, 0.4) is 0 Å². The van der Waals surface area contributed by atoms with E-state index in [0.717, 1.165) is 25.1 Å². The number of ether oxygens (including phenoxy) is 2. The van der Waals surface area contributed by atoms with Crippen molar-refractivity contribution in [1.82, 2.24) is 9.88 Å². The van der Waals surface area contributed by atoms with E-state index in [2.05, 4.69) is 4.98 Å². The van der Waals surface area contributed by atoms with Crippen LogP contribution in [0.1, 0.15) is 33.6 Å². The molecule has 0 radical (unpaired) electrons. The van der Waals surface area contributed by atoms with Gasteiger partial charge in [0.25, 0.3) is 0 Å². The van der Waals surface area contributed by atoms with Crippen LogP contribution in [0, 0.1) is 0 Å². The lowest BCUT2D eigenvalue weighted by molar-refractivity contribution is 0.0187. The fraction of sp³-hybridized carbons (Fsp3) is 0.600. The summed E-state index contributed by atoms with van der Waals surface area (Å²) in [5.74, 6) is 0.725. The van der Waals surface area contributed by atoms with Gasteiger partial charge in [0.2, 0.25) is 0 Å². The molecule has 2 heterocycles. The zero-order chi connectivity index (χ0) is 14.6. The van der Waals surface area contributed by atoms with Crippen molar-refractivity contribution in [3.8, 4) is 5.75 Å². The quantitative estimate of drug-likeness (QED) is 0.853. The first-order valence-corrected chi connectivity index (χ1v) is 6.98. The minimum Gasteiger partial charge on any atom is -0.490 e. The van der Waals surface area contributed by atoms with Crippen LogP contribution in [0.4, 0.5) is 4.79 Å². The molecule has 0 spiro atoms. The third-order valence-electron chi connectivity index (χ3n) is 3.08. The molecule has 110 valence electrons. The predicted molar refractivity (Wildman–Crippen MR) is 75.7 cm³/mol. The van der Waals surface area contributed by atoms with Crippen LogP contribution in [0.25, 0.3) is 0 Å². The minimum atomic E-state index is -0.464. The van der Waals surface area contributed by atoms with E-state index in [4.69, 9.17) is 9.47 Å². The van der Waals surface area contributed by atoms with E-state index < -0.39 is 5.60 Å². The molecule has 5 heteroatoms. The van der Waals surface area contributed by atoms with E-state index in [0.29, 0.717) is 6.61 Å². The first-order chi connectivity index (χ1) is 9.46. The summed E-state index contributed by atoms with van der Waals surface area (Å²) in [6, 6.07) is 3.76. The fourth-order valence-corrected chi connectivity index (χ4v) is 2.19. The molecule has 1 aliphatic heterocycles. The highest BCUT2D eigenvalue weighted by Crippen LogP contribution is 2.21. The molecule has 0 bridgehead atoms. The maximum absolute atomic E-state index is 12.1. The molecule has 0 saturated carbocycles. The van der Waals surface area contributed by atoms with Crippen molar-refractivity contribution in [2.24, 2.45) is 0 Å². The summed E-state index contributed by atoms with van der Waals surface area (Å²) in [6.07, 6.45) is 5.05. The van der Waals surface area contributed by atoms with Crippen molar-refractivity contribution in [3.05, 3.63) is 24.5 Å². The number of nitrogens with zero attached hydrogens (tertiary/aromatic N) is 2. The van der Waals surface area contributed by atoms with Gasteiger partial charge in [0.15, 0.2) is 0 Å². The van der Waals surface area contributed by atoms with E-state index in [-0.39, 0.29) is 12.1 Å². The van der Waals surface area contributed by atoms with Crippen LogP contribution in [-0.4, -0.2) is 40.8 Å². The lowest BCUT2D eigenvalue weighted by atomic mass is 10.2. The smallest absolute Gasteiger partial charge is 0.410 e. The van der Waals surface area contributed by atoms with Gasteiger partial charge in [0, 0.05) is 12.7 Å². The van der Waals surface area contributed by atoms with Gasteiger partial charge < -0.3 is 14.4 Å². The van der Waals surface area contributed by atoms with Crippen LogP contribution in [0.15, 0.2) is 24.5 Å². The van der Waals surface area contributed by atoms with Gasteiger partial charge in [-0.15, -0.1) is 0 Å². The van der Waals surface area contributed by atoms with E-state index in [9.17, 15) is 4.79 Å². The number of carbonyl (C=O) groups excluding carboxylic acids is 1. The van der Waals surface area contributed by atoms with Crippen LogP contribution in [-0.2, 0) is 4.74 Å². The molecule has 0 unspecified atom stereocenters. The van der Waals surface area contributed by atoms with Gasteiger partial charge in [-0.2, -0.15) is 0 Å². The highest BCUT2D eigenvalue weighted by atomic mass is 16.6. The third kappa shape index (κ3) is 4.11. The summed E-state index contributed by atoms with van der Waals surface area (Å²) in [5.41, 5.74) is -0.464. The second-order valence-electron chi connectivity index (χ2n) is 5.97. The standard InChI is InChI=1S/C15H22N2O3/c1-15(2,3)20-14(18)17-9-5-6-12(17)11-19-13-7-4-8-16-10-13/h4,7-8,10,12H,5-6,9,11H2,1-3H3/t12-/m0/s1. The number of aromatic nitrogens is 1.